The van der Waals surface area contributed by atoms with E-state index in [0.29, 0.717) is 18.7 Å². The zero-order valence-electron chi connectivity index (χ0n) is 11.8. The van der Waals surface area contributed by atoms with E-state index in [2.05, 4.69) is 10.1 Å². The van der Waals surface area contributed by atoms with E-state index in [9.17, 15) is 18.0 Å². The van der Waals surface area contributed by atoms with Crippen LogP contribution in [0.2, 0.25) is 0 Å². The summed E-state index contributed by atoms with van der Waals surface area (Å²) in [5.41, 5.74) is 0.352. The van der Waals surface area contributed by atoms with Crippen molar-refractivity contribution in [1.82, 2.24) is 10.2 Å². The summed E-state index contributed by atoms with van der Waals surface area (Å²) < 4.78 is 40.0. The van der Waals surface area contributed by atoms with Gasteiger partial charge in [0.2, 0.25) is 0 Å². The van der Waals surface area contributed by atoms with Gasteiger partial charge in [-0.3, -0.25) is 4.79 Å². The molecular weight excluding hydrogens is 285 g/mol. The number of piperazine rings is 1. The maximum atomic E-state index is 12.4. The number of amides is 1. The van der Waals surface area contributed by atoms with Gasteiger partial charge in [-0.05, 0) is 38.1 Å². The van der Waals surface area contributed by atoms with Crippen LogP contribution in [0.1, 0.15) is 24.2 Å². The third kappa shape index (κ3) is 3.87. The van der Waals surface area contributed by atoms with Gasteiger partial charge in [-0.2, -0.15) is 0 Å². The highest BCUT2D eigenvalue weighted by molar-refractivity contribution is 5.94. The lowest BCUT2D eigenvalue weighted by Gasteiger charge is -2.38. The van der Waals surface area contributed by atoms with Crippen molar-refractivity contribution in [1.29, 1.82) is 0 Å². The lowest BCUT2D eigenvalue weighted by Crippen LogP contribution is -2.57. The van der Waals surface area contributed by atoms with Crippen molar-refractivity contribution < 1.29 is 22.7 Å². The zero-order valence-corrected chi connectivity index (χ0v) is 11.8. The normalized spacial score (nSPS) is 23.0. The lowest BCUT2D eigenvalue weighted by atomic mass is 10.1. The Labute approximate surface area is 120 Å². The number of hydrogen-bond acceptors (Lipinski definition) is 3. The molecule has 0 radical (unpaired) electrons. The number of rotatable bonds is 2. The van der Waals surface area contributed by atoms with Gasteiger partial charge in [-0.25, -0.2) is 0 Å². The fourth-order valence-corrected chi connectivity index (χ4v) is 2.31. The van der Waals surface area contributed by atoms with Gasteiger partial charge in [0.1, 0.15) is 5.75 Å². The Balaban J connectivity index is 2.09. The molecule has 1 N–H and O–H groups in total. The minimum atomic E-state index is -4.73. The van der Waals surface area contributed by atoms with Crippen LogP contribution in [0, 0.1) is 0 Å². The summed E-state index contributed by atoms with van der Waals surface area (Å²) >= 11 is 0. The fraction of sp³-hybridized carbons (Fsp3) is 0.500. The minimum absolute atomic E-state index is 0.0253. The second kappa shape index (κ2) is 5.93. The molecule has 1 amide bonds. The molecule has 2 unspecified atom stereocenters. The van der Waals surface area contributed by atoms with E-state index in [-0.39, 0.29) is 23.7 Å². The van der Waals surface area contributed by atoms with Crippen molar-refractivity contribution >= 4 is 5.91 Å². The van der Waals surface area contributed by atoms with Gasteiger partial charge in [-0.1, -0.05) is 0 Å². The molecule has 1 fully saturated rings. The predicted molar refractivity (Wildman–Crippen MR) is 71.1 cm³/mol. The first kappa shape index (κ1) is 15.6. The van der Waals surface area contributed by atoms with E-state index in [1.54, 1.807) is 4.90 Å². The Morgan fingerprint density at radius 3 is 2.48 bits per heavy atom. The topological polar surface area (TPSA) is 41.6 Å². The van der Waals surface area contributed by atoms with Crippen molar-refractivity contribution in [2.45, 2.75) is 32.3 Å². The van der Waals surface area contributed by atoms with E-state index in [4.69, 9.17) is 0 Å². The third-order valence-corrected chi connectivity index (χ3v) is 3.63. The molecule has 21 heavy (non-hydrogen) atoms. The van der Waals surface area contributed by atoms with E-state index < -0.39 is 6.36 Å². The molecule has 2 atom stereocenters. The highest BCUT2D eigenvalue weighted by atomic mass is 19.4. The molecule has 0 aliphatic carbocycles. The number of halogens is 3. The Morgan fingerprint density at radius 1 is 1.29 bits per heavy atom. The smallest absolute Gasteiger partial charge is 0.406 e. The monoisotopic (exact) mass is 302 g/mol. The Hall–Kier alpha value is -1.76. The summed E-state index contributed by atoms with van der Waals surface area (Å²) in [7, 11) is 0. The van der Waals surface area contributed by atoms with Gasteiger partial charge in [-0.15, -0.1) is 13.2 Å². The average Bonchev–Trinajstić information content (AvgIpc) is 2.40. The van der Waals surface area contributed by atoms with Crippen molar-refractivity contribution in [3.63, 3.8) is 0 Å². The molecule has 1 aromatic rings. The second-order valence-corrected chi connectivity index (χ2v) is 5.05. The molecule has 0 saturated carbocycles. The van der Waals surface area contributed by atoms with Crippen molar-refractivity contribution in [2.75, 3.05) is 13.1 Å². The molecule has 0 aromatic heterocycles. The second-order valence-electron chi connectivity index (χ2n) is 5.05. The van der Waals surface area contributed by atoms with E-state index in [1.807, 2.05) is 13.8 Å². The standard InChI is InChI=1S/C14H17F3N2O2/c1-9-10(2)19(8-7-18-9)13(20)11-3-5-12(6-4-11)21-14(15,16)17/h3-6,9-10,18H,7-8H2,1-2H3. The van der Waals surface area contributed by atoms with Crippen molar-refractivity contribution in [3.05, 3.63) is 29.8 Å². The molecule has 0 spiro atoms. The van der Waals surface area contributed by atoms with Gasteiger partial charge in [0.15, 0.2) is 0 Å². The highest BCUT2D eigenvalue weighted by Gasteiger charge is 2.31. The first-order valence-corrected chi connectivity index (χ1v) is 6.68. The Bertz CT molecular complexity index is 502. The summed E-state index contributed by atoms with van der Waals surface area (Å²) in [6.07, 6.45) is -4.73. The van der Waals surface area contributed by atoms with Crippen molar-refractivity contribution in [2.24, 2.45) is 0 Å². The van der Waals surface area contributed by atoms with Crippen LogP contribution in [-0.4, -0.2) is 42.3 Å². The lowest BCUT2D eigenvalue weighted by molar-refractivity contribution is -0.274. The first-order chi connectivity index (χ1) is 9.78. The fourth-order valence-electron chi connectivity index (χ4n) is 2.31. The number of nitrogens with one attached hydrogen (secondary N) is 1. The number of carbonyl (C=O) groups excluding carboxylic acids is 1. The summed E-state index contributed by atoms with van der Waals surface area (Å²) in [5.74, 6) is -0.518. The maximum Gasteiger partial charge on any atom is 0.573 e. The van der Waals surface area contributed by atoms with Crippen LogP contribution < -0.4 is 10.1 Å². The molecule has 1 heterocycles. The first-order valence-electron chi connectivity index (χ1n) is 6.68. The summed E-state index contributed by atoms with van der Waals surface area (Å²) in [6, 6.07) is 5.20. The van der Waals surface area contributed by atoms with Crippen LogP contribution in [0.15, 0.2) is 24.3 Å². The SMILES string of the molecule is CC1NCCN(C(=O)c2ccc(OC(F)(F)F)cc2)C1C. The molecule has 2 rings (SSSR count). The molecular formula is C14H17F3N2O2. The number of alkyl halides is 3. The van der Waals surface area contributed by atoms with E-state index in [0.717, 1.165) is 12.1 Å². The summed E-state index contributed by atoms with van der Waals surface area (Å²) in [6.45, 7) is 5.21. The van der Waals surface area contributed by atoms with Crippen LogP contribution in [0.5, 0.6) is 5.75 Å². The minimum Gasteiger partial charge on any atom is -0.406 e. The van der Waals surface area contributed by atoms with Gasteiger partial charge in [0.25, 0.3) is 5.91 Å². The molecule has 7 heteroatoms. The molecule has 1 saturated heterocycles. The highest BCUT2D eigenvalue weighted by Crippen LogP contribution is 2.23. The van der Waals surface area contributed by atoms with Gasteiger partial charge >= 0.3 is 6.36 Å². The predicted octanol–water partition coefficient (Wildman–Crippen LogP) is 2.41. The number of carbonyl (C=O) groups is 1. The molecule has 1 aliphatic rings. The molecule has 1 aliphatic heterocycles. The van der Waals surface area contributed by atoms with Crippen LogP contribution >= 0.6 is 0 Å². The maximum absolute atomic E-state index is 12.4. The van der Waals surface area contributed by atoms with E-state index in [1.165, 1.54) is 12.1 Å². The van der Waals surface area contributed by atoms with E-state index >= 15 is 0 Å². The quantitative estimate of drug-likeness (QED) is 0.912. The van der Waals surface area contributed by atoms with Crippen LogP contribution in [-0.2, 0) is 0 Å². The van der Waals surface area contributed by atoms with Crippen LogP contribution in [0.4, 0.5) is 13.2 Å². The Kier molecular flexibility index (Phi) is 4.41. The average molecular weight is 302 g/mol. The number of ether oxygens (including phenoxy) is 1. The number of benzene rings is 1. The number of nitrogens with zero attached hydrogens (tertiary/aromatic N) is 1. The molecule has 0 bridgehead atoms. The largest absolute Gasteiger partial charge is 0.573 e. The summed E-state index contributed by atoms with van der Waals surface area (Å²) in [5, 5.41) is 3.26. The third-order valence-electron chi connectivity index (χ3n) is 3.63. The van der Waals surface area contributed by atoms with Gasteiger partial charge < -0.3 is 15.0 Å². The number of hydrogen-bond donors (Lipinski definition) is 1. The molecule has 4 nitrogen and oxygen atoms in total. The molecule has 116 valence electrons. The zero-order chi connectivity index (χ0) is 15.6. The Morgan fingerprint density at radius 2 is 1.90 bits per heavy atom. The summed E-state index contributed by atoms with van der Waals surface area (Å²) in [4.78, 5) is 14.1. The van der Waals surface area contributed by atoms with Gasteiger partial charge in [0.05, 0.1) is 0 Å². The van der Waals surface area contributed by atoms with Crippen LogP contribution in [0.3, 0.4) is 0 Å². The van der Waals surface area contributed by atoms with Crippen LogP contribution in [0.25, 0.3) is 0 Å². The molecule has 1 aromatic carbocycles. The van der Waals surface area contributed by atoms with Gasteiger partial charge in [0, 0.05) is 30.7 Å². The van der Waals surface area contributed by atoms with Crippen molar-refractivity contribution in [3.8, 4) is 5.75 Å².